The number of halogens is 1. The van der Waals surface area contributed by atoms with E-state index in [0.717, 1.165) is 33.2 Å². The van der Waals surface area contributed by atoms with E-state index in [9.17, 15) is 14.4 Å². The SMILES string of the molecule is C=CC(=O)N1CCc2c(cccc2-c2c(F)cc(CC(N)=O)c3[nH]c4cc(CC(=O)N(C)C)ccc4c23)C1. The molecule has 2 heterocycles. The normalized spacial score (nSPS) is 13.0. The predicted octanol–water partition coefficient (Wildman–Crippen LogP) is 3.86. The second-order valence-corrected chi connectivity index (χ2v) is 9.91. The highest BCUT2D eigenvalue weighted by molar-refractivity contribution is 6.16. The quantitative estimate of drug-likeness (QED) is 0.384. The molecule has 0 unspecified atom stereocenters. The van der Waals surface area contributed by atoms with Crippen LogP contribution in [0.4, 0.5) is 4.39 Å². The molecular formula is C30H29FN4O3. The van der Waals surface area contributed by atoms with Crippen molar-refractivity contribution in [3.63, 3.8) is 0 Å². The monoisotopic (exact) mass is 512 g/mol. The van der Waals surface area contributed by atoms with Crippen LogP contribution >= 0.6 is 0 Å². The Bertz CT molecular complexity index is 1640. The molecule has 5 rings (SSSR count). The highest BCUT2D eigenvalue weighted by Crippen LogP contribution is 2.41. The fourth-order valence-corrected chi connectivity index (χ4v) is 5.36. The van der Waals surface area contributed by atoms with Gasteiger partial charge in [-0.25, -0.2) is 4.39 Å². The number of amides is 3. The van der Waals surface area contributed by atoms with Gasteiger partial charge in [-0.1, -0.05) is 36.9 Å². The lowest BCUT2D eigenvalue weighted by Crippen LogP contribution is -2.34. The smallest absolute Gasteiger partial charge is 0.246 e. The lowest BCUT2D eigenvalue weighted by Gasteiger charge is -2.29. The minimum absolute atomic E-state index is 0.0264. The molecule has 3 amide bonds. The van der Waals surface area contributed by atoms with Gasteiger partial charge in [-0.15, -0.1) is 0 Å². The number of nitrogens with zero attached hydrogens (tertiary/aromatic N) is 2. The standard InChI is InChI=1S/C30H29FN4O3/c1-4-26(37)35-11-10-20-18(16-35)6-5-7-21(20)28-23(31)14-19(15-25(32)36)30-29(28)22-9-8-17(12-24(22)33-30)13-27(38)34(2)3/h4-9,12,14,33H,1,10-11,13,15-16H2,2-3H3,(H2,32,36). The largest absolute Gasteiger partial charge is 0.369 e. The van der Waals surface area contributed by atoms with Crippen molar-refractivity contribution in [3.05, 3.63) is 83.2 Å². The number of primary amides is 1. The van der Waals surface area contributed by atoms with Gasteiger partial charge in [0.15, 0.2) is 0 Å². The molecule has 194 valence electrons. The molecule has 1 aliphatic heterocycles. The molecule has 0 radical (unpaired) electrons. The van der Waals surface area contributed by atoms with Gasteiger partial charge in [-0.05, 0) is 52.4 Å². The van der Waals surface area contributed by atoms with Crippen molar-refractivity contribution >= 4 is 39.5 Å². The summed E-state index contributed by atoms with van der Waals surface area (Å²) in [5, 5.41) is 1.46. The van der Waals surface area contributed by atoms with Gasteiger partial charge in [0, 0.05) is 49.0 Å². The van der Waals surface area contributed by atoms with Crippen molar-refractivity contribution in [1.29, 1.82) is 0 Å². The van der Waals surface area contributed by atoms with Crippen LogP contribution in [0.15, 0.2) is 55.1 Å². The van der Waals surface area contributed by atoms with Crippen LogP contribution in [0, 0.1) is 5.82 Å². The van der Waals surface area contributed by atoms with Gasteiger partial charge in [0.25, 0.3) is 0 Å². The summed E-state index contributed by atoms with van der Waals surface area (Å²) in [4.78, 5) is 43.0. The fourth-order valence-electron chi connectivity index (χ4n) is 5.36. The number of carbonyl (C=O) groups is 3. The van der Waals surface area contributed by atoms with Gasteiger partial charge in [-0.3, -0.25) is 14.4 Å². The molecule has 0 saturated heterocycles. The second-order valence-electron chi connectivity index (χ2n) is 9.91. The molecule has 0 atom stereocenters. The molecule has 1 aromatic heterocycles. The average molecular weight is 513 g/mol. The van der Waals surface area contributed by atoms with Crippen LogP contribution < -0.4 is 5.73 Å². The molecular weight excluding hydrogens is 483 g/mol. The second kappa shape index (κ2) is 9.78. The van der Waals surface area contributed by atoms with Gasteiger partial charge in [0.1, 0.15) is 5.82 Å². The van der Waals surface area contributed by atoms with Crippen molar-refractivity contribution in [3.8, 4) is 11.1 Å². The minimum Gasteiger partial charge on any atom is -0.369 e. The molecule has 38 heavy (non-hydrogen) atoms. The number of likely N-dealkylation sites (N-methyl/N-ethyl adjacent to an activating group) is 1. The first-order valence-electron chi connectivity index (χ1n) is 12.4. The Hall–Kier alpha value is -4.46. The lowest BCUT2D eigenvalue weighted by molar-refractivity contribution is -0.128. The highest BCUT2D eigenvalue weighted by Gasteiger charge is 2.26. The lowest BCUT2D eigenvalue weighted by atomic mass is 9.87. The van der Waals surface area contributed by atoms with Crippen LogP contribution in [0.25, 0.3) is 32.9 Å². The van der Waals surface area contributed by atoms with E-state index in [0.29, 0.717) is 41.5 Å². The van der Waals surface area contributed by atoms with E-state index >= 15 is 4.39 Å². The van der Waals surface area contributed by atoms with E-state index in [2.05, 4.69) is 11.6 Å². The van der Waals surface area contributed by atoms with Crippen LogP contribution in [0.5, 0.6) is 0 Å². The van der Waals surface area contributed by atoms with E-state index in [4.69, 9.17) is 5.73 Å². The van der Waals surface area contributed by atoms with E-state index in [1.54, 1.807) is 19.0 Å². The molecule has 0 spiro atoms. The minimum atomic E-state index is -0.557. The molecule has 4 aromatic rings. The van der Waals surface area contributed by atoms with E-state index in [-0.39, 0.29) is 24.7 Å². The Morgan fingerprint density at radius 2 is 1.95 bits per heavy atom. The summed E-state index contributed by atoms with van der Waals surface area (Å²) < 4.78 is 16.0. The maximum Gasteiger partial charge on any atom is 0.246 e. The van der Waals surface area contributed by atoms with Gasteiger partial charge >= 0.3 is 0 Å². The van der Waals surface area contributed by atoms with Crippen molar-refractivity contribution in [1.82, 2.24) is 14.8 Å². The number of H-pyrrole nitrogens is 1. The third-order valence-electron chi connectivity index (χ3n) is 7.21. The number of nitrogens with one attached hydrogen (secondary N) is 1. The summed E-state index contributed by atoms with van der Waals surface area (Å²) in [7, 11) is 3.42. The van der Waals surface area contributed by atoms with Crippen LogP contribution in [0.1, 0.15) is 22.3 Å². The Kier molecular flexibility index (Phi) is 6.48. The maximum atomic E-state index is 16.0. The molecule has 1 aliphatic rings. The fraction of sp³-hybridized carbons (Fsp3) is 0.233. The van der Waals surface area contributed by atoms with Crippen molar-refractivity contribution in [2.24, 2.45) is 5.73 Å². The van der Waals surface area contributed by atoms with E-state index < -0.39 is 11.7 Å². The first-order chi connectivity index (χ1) is 18.2. The molecule has 7 nitrogen and oxygen atoms in total. The predicted molar refractivity (Wildman–Crippen MR) is 146 cm³/mol. The number of fused-ring (bicyclic) bond motifs is 4. The van der Waals surface area contributed by atoms with E-state index in [1.807, 2.05) is 36.4 Å². The molecule has 8 heteroatoms. The highest BCUT2D eigenvalue weighted by atomic mass is 19.1. The first-order valence-corrected chi connectivity index (χ1v) is 12.4. The summed E-state index contributed by atoms with van der Waals surface area (Å²) >= 11 is 0. The van der Waals surface area contributed by atoms with Crippen LogP contribution in [0.3, 0.4) is 0 Å². The van der Waals surface area contributed by atoms with Crippen molar-refractivity contribution in [2.45, 2.75) is 25.8 Å². The van der Waals surface area contributed by atoms with Crippen LogP contribution in [-0.4, -0.2) is 53.1 Å². The topological polar surface area (TPSA) is 99.5 Å². The van der Waals surface area contributed by atoms with Crippen LogP contribution in [0.2, 0.25) is 0 Å². The van der Waals surface area contributed by atoms with Gasteiger partial charge in [-0.2, -0.15) is 0 Å². The zero-order chi connectivity index (χ0) is 27.1. The number of nitrogens with two attached hydrogens (primary N) is 1. The molecule has 0 aliphatic carbocycles. The number of rotatable bonds is 6. The van der Waals surface area contributed by atoms with Crippen molar-refractivity contribution < 1.29 is 18.8 Å². The number of hydrogen-bond donors (Lipinski definition) is 2. The summed E-state index contributed by atoms with van der Waals surface area (Å²) in [5.74, 6) is -1.16. The number of aromatic nitrogens is 1. The summed E-state index contributed by atoms with van der Waals surface area (Å²) in [5.41, 5.74) is 11.3. The zero-order valence-electron chi connectivity index (χ0n) is 21.4. The number of carbonyl (C=O) groups excluding carboxylic acids is 3. The molecule has 0 fully saturated rings. The first kappa shape index (κ1) is 25.2. The van der Waals surface area contributed by atoms with Crippen molar-refractivity contribution in [2.75, 3.05) is 20.6 Å². The Morgan fingerprint density at radius 3 is 2.66 bits per heavy atom. The maximum absolute atomic E-state index is 16.0. The Labute approximate surface area is 219 Å². The Balaban J connectivity index is 1.73. The molecule has 3 aromatic carbocycles. The van der Waals surface area contributed by atoms with Crippen LogP contribution in [-0.2, 0) is 40.2 Å². The molecule has 0 saturated carbocycles. The van der Waals surface area contributed by atoms with Gasteiger partial charge in [0.2, 0.25) is 17.7 Å². The van der Waals surface area contributed by atoms with E-state index in [1.165, 1.54) is 17.0 Å². The average Bonchev–Trinajstić information content (AvgIpc) is 3.26. The summed E-state index contributed by atoms with van der Waals surface area (Å²) in [6, 6.07) is 12.8. The molecule has 0 bridgehead atoms. The summed E-state index contributed by atoms with van der Waals surface area (Å²) in [6.07, 6.45) is 2.01. The van der Waals surface area contributed by atoms with Gasteiger partial charge in [0.05, 0.1) is 18.4 Å². The number of hydrogen-bond acceptors (Lipinski definition) is 3. The Morgan fingerprint density at radius 1 is 1.16 bits per heavy atom. The summed E-state index contributed by atoms with van der Waals surface area (Å²) in [6.45, 7) is 4.52. The number of benzene rings is 3. The third-order valence-corrected chi connectivity index (χ3v) is 7.21. The molecule has 3 N–H and O–H groups in total. The third kappa shape index (κ3) is 4.42. The zero-order valence-corrected chi connectivity index (χ0v) is 21.4. The van der Waals surface area contributed by atoms with Gasteiger partial charge < -0.3 is 20.5 Å². The number of aromatic amines is 1.